The van der Waals surface area contributed by atoms with E-state index in [0.717, 1.165) is 32.4 Å². The number of aromatic nitrogens is 1. The number of allylic oxidation sites excluding steroid dienone is 3. The van der Waals surface area contributed by atoms with E-state index in [-0.39, 0.29) is 11.9 Å². The molecule has 26 heavy (non-hydrogen) atoms. The maximum atomic E-state index is 12.2. The second-order valence-corrected chi connectivity index (χ2v) is 7.31. The molecule has 1 fully saturated rings. The number of hydrogen-bond donors (Lipinski definition) is 2. The molecule has 2 heterocycles. The van der Waals surface area contributed by atoms with Gasteiger partial charge in [-0.25, -0.2) is 0 Å². The number of β-amino-alcohol motifs (C(OH)–C–C–N with tert-alkyl or cyclic N) is 1. The monoisotopic (exact) mass is 357 g/mol. The summed E-state index contributed by atoms with van der Waals surface area (Å²) < 4.78 is 0. The number of nitrogens with one attached hydrogen (secondary N) is 1. The maximum Gasteiger partial charge on any atom is 0.253 e. The highest BCUT2D eigenvalue weighted by molar-refractivity contribution is 5.94. The Morgan fingerprint density at radius 2 is 2.19 bits per heavy atom. The molecule has 2 N–H and O–H groups in total. The van der Waals surface area contributed by atoms with Crippen LogP contribution in [0.3, 0.4) is 0 Å². The molecule has 0 bridgehead atoms. The van der Waals surface area contributed by atoms with Gasteiger partial charge in [0.05, 0.1) is 17.7 Å². The smallest absolute Gasteiger partial charge is 0.253 e. The minimum absolute atomic E-state index is 0.175. The van der Waals surface area contributed by atoms with Gasteiger partial charge in [-0.15, -0.1) is 0 Å². The number of hydrogen-bond acceptors (Lipinski definition) is 4. The summed E-state index contributed by atoms with van der Waals surface area (Å²) in [5.74, 6) is -0.175. The minimum atomic E-state index is -0.552. The Morgan fingerprint density at radius 1 is 1.38 bits per heavy atom. The number of amides is 1. The van der Waals surface area contributed by atoms with Crippen LogP contribution in [0.15, 0.2) is 47.8 Å². The van der Waals surface area contributed by atoms with Gasteiger partial charge in [-0.2, -0.15) is 0 Å². The van der Waals surface area contributed by atoms with Gasteiger partial charge >= 0.3 is 0 Å². The number of pyridine rings is 1. The topological polar surface area (TPSA) is 65.5 Å². The molecule has 2 atom stereocenters. The van der Waals surface area contributed by atoms with Gasteiger partial charge < -0.3 is 10.4 Å². The van der Waals surface area contributed by atoms with E-state index in [4.69, 9.17) is 0 Å². The van der Waals surface area contributed by atoms with Gasteiger partial charge in [0.1, 0.15) is 0 Å². The van der Waals surface area contributed by atoms with Crippen molar-refractivity contribution in [3.63, 3.8) is 0 Å². The molecule has 2 unspecified atom stereocenters. The molecule has 1 aliphatic rings. The summed E-state index contributed by atoms with van der Waals surface area (Å²) in [6, 6.07) is 3.26. The lowest BCUT2D eigenvalue weighted by atomic mass is 10.0. The molecule has 2 rings (SSSR count). The second-order valence-electron chi connectivity index (χ2n) is 7.31. The molecule has 0 saturated carbocycles. The molecule has 5 nitrogen and oxygen atoms in total. The average Bonchev–Trinajstić information content (AvgIpc) is 2.62. The van der Waals surface area contributed by atoms with E-state index in [1.807, 2.05) is 0 Å². The van der Waals surface area contributed by atoms with Crippen LogP contribution in [0.1, 0.15) is 50.4 Å². The first kappa shape index (κ1) is 20.3. The normalized spacial score (nSPS) is 21.3. The third-order valence-corrected chi connectivity index (χ3v) is 4.70. The van der Waals surface area contributed by atoms with Gasteiger partial charge in [-0.05, 0) is 52.2 Å². The van der Waals surface area contributed by atoms with Crippen molar-refractivity contribution < 1.29 is 9.90 Å². The number of rotatable bonds is 7. The number of carbonyl (C=O) groups is 1. The maximum absolute atomic E-state index is 12.2. The fourth-order valence-electron chi connectivity index (χ4n) is 3.06. The number of aliphatic hydroxyl groups is 1. The number of carbonyl (C=O) groups excluding carboxylic acids is 1. The van der Waals surface area contributed by atoms with Gasteiger partial charge in [0, 0.05) is 32.0 Å². The standard InChI is InChI=1S/C21H31N3O2/c1-16(2)6-4-7-17(3)9-12-24-13-10-19(20(25)15-24)23-21(26)18-8-5-11-22-14-18/h5-6,8-9,11,14,19-20,25H,4,7,10,12-13,15H2,1-3H3,(H,23,26). The van der Waals surface area contributed by atoms with Crippen LogP contribution in [0.2, 0.25) is 0 Å². The third kappa shape index (κ3) is 6.73. The fourth-order valence-corrected chi connectivity index (χ4v) is 3.06. The van der Waals surface area contributed by atoms with Gasteiger partial charge in [0.2, 0.25) is 0 Å². The molecule has 1 amide bonds. The van der Waals surface area contributed by atoms with Crippen molar-refractivity contribution in [2.24, 2.45) is 0 Å². The van der Waals surface area contributed by atoms with Crippen molar-refractivity contribution in [2.45, 2.75) is 52.2 Å². The van der Waals surface area contributed by atoms with Crippen molar-refractivity contribution in [1.82, 2.24) is 15.2 Å². The Hall–Kier alpha value is -1.98. The largest absolute Gasteiger partial charge is 0.390 e. The van der Waals surface area contributed by atoms with Crippen molar-refractivity contribution in [3.8, 4) is 0 Å². The molecule has 5 heteroatoms. The lowest BCUT2D eigenvalue weighted by molar-refractivity contribution is 0.0421. The predicted octanol–water partition coefficient (Wildman–Crippen LogP) is 2.94. The number of aliphatic hydroxyl groups excluding tert-OH is 1. The van der Waals surface area contributed by atoms with Gasteiger partial charge in [-0.1, -0.05) is 23.3 Å². The van der Waals surface area contributed by atoms with Crippen LogP contribution in [-0.4, -0.2) is 52.7 Å². The Kier molecular flexibility index (Phi) is 8.01. The highest BCUT2D eigenvalue weighted by Gasteiger charge is 2.28. The number of nitrogens with zero attached hydrogens (tertiary/aromatic N) is 2. The van der Waals surface area contributed by atoms with E-state index in [1.54, 1.807) is 24.5 Å². The molecule has 0 radical (unpaired) electrons. The van der Waals surface area contributed by atoms with Crippen molar-refractivity contribution in [1.29, 1.82) is 0 Å². The number of piperidine rings is 1. The number of likely N-dealkylation sites (tertiary alicyclic amines) is 1. The first-order chi connectivity index (χ1) is 12.5. The zero-order valence-corrected chi connectivity index (χ0v) is 16.1. The molecular formula is C21H31N3O2. The van der Waals surface area contributed by atoms with E-state index >= 15 is 0 Å². The molecule has 1 aromatic heterocycles. The van der Waals surface area contributed by atoms with Crippen LogP contribution < -0.4 is 5.32 Å². The Bertz CT molecular complexity index is 636. The first-order valence-electron chi connectivity index (χ1n) is 9.36. The quantitative estimate of drug-likeness (QED) is 0.737. The van der Waals surface area contributed by atoms with Crippen molar-refractivity contribution in [2.75, 3.05) is 19.6 Å². The van der Waals surface area contributed by atoms with Gasteiger partial charge in [-0.3, -0.25) is 14.7 Å². The predicted molar refractivity (Wildman–Crippen MR) is 105 cm³/mol. The highest BCUT2D eigenvalue weighted by atomic mass is 16.3. The van der Waals surface area contributed by atoms with Crippen molar-refractivity contribution >= 4 is 5.91 Å². The Morgan fingerprint density at radius 3 is 2.85 bits per heavy atom. The van der Waals surface area contributed by atoms with Gasteiger partial charge in [0.25, 0.3) is 5.91 Å². The zero-order chi connectivity index (χ0) is 18.9. The first-order valence-corrected chi connectivity index (χ1v) is 9.36. The molecule has 0 aliphatic carbocycles. The van der Waals surface area contributed by atoms with Crippen LogP contribution in [0, 0.1) is 0 Å². The summed E-state index contributed by atoms with van der Waals surface area (Å²) in [5.41, 5.74) is 3.26. The van der Waals surface area contributed by atoms with Crippen LogP contribution in [0.25, 0.3) is 0 Å². The van der Waals surface area contributed by atoms with Crippen LogP contribution >= 0.6 is 0 Å². The van der Waals surface area contributed by atoms with E-state index < -0.39 is 6.10 Å². The van der Waals surface area contributed by atoms with Crippen LogP contribution in [0.4, 0.5) is 0 Å². The zero-order valence-electron chi connectivity index (χ0n) is 16.1. The average molecular weight is 357 g/mol. The van der Waals surface area contributed by atoms with E-state index in [2.05, 4.69) is 48.1 Å². The lowest BCUT2D eigenvalue weighted by Crippen LogP contribution is -2.54. The third-order valence-electron chi connectivity index (χ3n) is 4.70. The SMILES string of the molecule is CC(C)=CCCC(C)=CCN1CCC(NC(=O)c2cccnc2)C(O)C1. The van der Waals surface area contributed by atoms with E-state index in [0.29, 0.717) is 12.1 Å². The van der Waals surface area contributed by atoms with Crippen LogP contribution in [0.5, 0.6) is 0 Å². The molecule has 1 saturated heterocycles. The molecular weight excluding hydrogens is 326 g/mol. The fraction of sp³-hybridized carbons (Fsp3) is 0.524. The summed E-state index contributed by atoms with van der Waals surface area (Å²) in [4.78, 5) is 18.4. The molecule has 0 spiro atoms. The Balaban J connectivity index is 1.77. The highest BCUT2D eigenvalue weighted by Crippen LogP contribution is 2.13. The van der Waals surface area contributed by atoms with E-state index in [9.17, 15) is 9.90 Å². The Labute approximate surface area is 156 Å². The van der Waals surface area contributed by atoms with Crippen molar-refractivity contribution in [3.05, 3.63) is 53.4 Å². The second kappa shape index (κ2) is 10.2. The summed E-state index contributed by atoms with van der Waals surface area (Å²) in [6.45, 7) is 8.70. The molecule has 1 aliphatic heterocycles. The van der Waals surface area contributed by atoms with E-state index in [1.165, 1.54) is 11.1 Å². The van der Waals surface area contributed by atoms with Gasteiger partial charge in [0.15, 0.2) is 0 Å². The summed E-state index contributed by atoms with van der Waals surface area (Å²) >= 11 is 0. The molecule has 142 valence electrons. The summed E-state index contributed by atoms with van der Waals surface area (Å²) in [6.07, 6.45) is 10.0. The van der Waals surface area contributed by atoms with Crippen LogP contribution in [-0.2, 0) is 0 Å². The lowest BCUT2D eigenvalue weighted by Gasteiger charge is -2.35. The minimum Gasteiger partial charge on any atom is -0.390 e. The molecule has 0 aromatic carbocycles. The summed E-state index contributed by atoms with van der Waals surface area (Å²) in [7, 11) is 0. The summed E-state index contributed by atoms with van der Waals surface area (Å²) in [5, 5.41) is 13.3. The molecule has 1 aromatic rings.